The van der Waals surface area contributed by atoms with Crippen LogP contribution in [0.2, 0.25) is 0 Å². The van der Waals surface area contributed by atoms with E-state index in [-0.39, 0.29) is 6.10 Å². The van der Waals surface area contributed by atoms with Crippen LogP contribution in [0.1, 0.15) is 27.7 Å². The van der Waals surface area contributed by atoms with Gasteiger partial charge in [0.05, 0.1) is 12.7 Å². The lowest BCUT2D eigenvalue weighted by atomic mass is 10.2. The smallest absolute Gasteiger partial charge is 0.407 e. The highest BCUT2D eigenvalue weighted by Gasteiger charge is 2.16. The van der Waals surface area contributed by atoms with Gasteiger partial charge in [0.15, 0.2) is 0 Å². The number of aromatic nitrogens is 2. The van der Waals surface area contributed by atoms with Crippen LogP contribution in [-0.2, 0) is 11.8 Å². The second-order valence-corrected chi connectivity index (χ2v) is 5.10. The highest BCUT2D eigenvalue weighted by Crippen LogP contribution is 2.09. The van der Waals surface area contributed by atoms with E-state index in [9.17, 15) is 4.79 Å². The summed E-state index contributed by atoms with van der Waals surface area (Å²) in [7, 11) is 1.79. The van der Waals surface area contributed by atoms with Gasteiger partial charge in [-0.05, 0) is 27.7 Å². The minimum absolute atomic E-state index is 0.159. The lowest BCUT2D eigenvalue weighted by molar-refractivity contribution is 0.0503. The van der Waals surface area contributed by atoms with Crippen molar-refractivity contribution in [3.63, 3.8) is 0 Å². The average molecular weight is 255 g/mol. The monoisotopic (exact) mass is 255 g/mol. The Labute approximate surface area is 107 Å². The van der Waals surface area contributed by atoms with Crippen molar-refractivity contribution in [1.82, 2.24) is 15.1 Å². The van der Waals surface area contributed by atoms with Gasteiger partial charge in [-0.2, -0.15) is 5.10 Å². The fourth-order valence-corrected chi connectivity index (χ4v) is 1.27. The molecule has 1 aromatic rings. The van der Waals surface area contributed by atoms with Gasteiger partial charge in [0, 0.05) is 13.1 Å². The predicted octanol–water partition coefficient (Wildman–Crippen LogP) is 1.71. The number of amides is 1. The molecule has 0 saturated carbocycles. The van der Waals surface area contributed by atoms with Crippen molar-refractivity contribution in [1.29, 1.82) is 0 Å². The van der Waals surface area contributed by atoms with Crippen LogP contribution in [0, 0.1) is 0 Å². The van der Waals surface area contributed by atoms with E-state index >= 15 is 0 Å². The van der Waals surface area contributed by atoms with Gasteiger partial charge in [0.1, 0.15) is 11.7 Å². The van der Waals surface area contributed by atoms with Gasteiger partial charge in [-0.15, -0.1) is 0 Å². The first-order valence-corrected chi connectivity index (χ1v) is 5.89. The van der Waals surface area contributed by atoms with E-state index in [1.165, 1.54) is 0 Å². The van der Waals surface area contributed by atoms with Crippen molar-refractivity contribution >= 4 is 6.09 Å². The Kier molecular flexibility index (Phi) is 4.58. The minimum Gasteiger partial charge on any atom is -0.473 e. The topological polar surface area (TPSA) is 65.4 Å². The Morgan fingerprint density at radius 1 is 1.56 bits per heavy atom. The van der Waals surface area contributed by atoms with Crippen LogP contribution >= 0.6 is 0 Å². The van der Waals surface area contributed by atoms with E-state index in [1.54, 1.807) is 24.0 Å². The molecule has 1 aromatic heterocycles. The van der Waals surface area contributed by atoms with Crippen LogP contribution in [0.3, 0.4) is 0 Å². The first-order valence-electron chi connectivity index (χ1n) is 5.89. The third-order valence-electron chi connectivity index (χ3n) is 2.03. The van der Waals surface area contributed by atoms with Crippen LogP contribution in [-0.4, -0.2) is 34.1 Å². The van der Waals surface area contributed by atoms with Gasteiger partial charge in [-0.25, -0.2) is 9.48 Å². The summed E-state index contributed by atoms with van der Waals surface area (Å²) < 4.78 is 12.3. The van der Waals surface area contributed by atoms with Crippen LogP contribution in [0.5, 0.6) is 5.88 Å². The number of carbonyl (C=O) groups is 1. The van der Waals surface area contributed by atoms with Crippen LogP contribution in [0.15, 0.2) is 12.3 Å². The molecule has 0 fully saturated rings. The molecule has 0 radical (unpaired) electrons. The van der Waals surface area contributed by atoms with Crippen molar-refractivity contribution in [2.45, 2.75) is 39.4 Å². The molecule has 1 rings (SSSR count). The summed E-state index contributed by atoms with van der Waals surface area (Å²) in [6.07, 6.45) is 1.06. The molecular formula is C12H21N3O3. The third kappa shape index (κ3) is 5.07. The molecule has 0 saturated heterocycles. The van der Waals surface area contributed by atoms with Crippen LogP contribution in [0.25, 0.3) is 0 Å². The van der Waals surface area contributed by atoms with E-state index in [0.717, 1.165) is 0 Å². The number of hydrogen-bond donors (Lipinski definition) is 1. The highest BCUT2D eigenvalue weighted by atomic mass is 16.6. The lowest BCUT2D eigenvalue weighted by Crippen LogP contribution is -2.37. The summed E-state index contributed by atoms with van der Waals surface area (Å²) in [5.74, 6) is 0.661. The van der Waals surface area contributed by atoms with Gasteiger partial charge in [-0.1, -0.05) is 0 Å². The number of ether oxygens (including phenoxy) is 2. The SMILES string of the molecule is C[C@@H](CNC(=O)OC(C)(C)C)Oc1ccnn1C. The molecule has 1 N–H and O–H groups in total. The van der Waals surface area contributed by atoms with Gasteiger partial charge in [0.25, 0.3) is 0 Å². The van der Waals surface area contributed by atoms with E-state index in [4.69, 9.17) is 9.47 Å². The largest absolute Gasteiger partial charge is 0.473 e. The molecule has 1 atom stereocenters. The molecule has 0 aliphatic carbocycles. The van der Waals surface area contributed by atoms with Gasteiger partial charge >= 0.3 is 6.09 Å². The quantitative estimate of drug-likeness (QED) is 0.889. The zero-order chi connectivity index (χ0) is 13.8. The molecule has 18 heavy (non-hydrogen) atoms. The van der Waals surface area contributed by atoms with Gasteiger partial charge in [-0.3, -0.25) is 0 Å². The number of carbonyl (C=O) groups excluding carboxylic acids is 1. The predicted molar refractivity (Wildman–Crippen MR) is 67.5 cm³/mol. The molecule has 6 heteroatoms. The van der Waals surface area contributed by atoms with E-state index in [2.05, 4.69) is 10.4 Å². The van der Waals surface area contributed by atoms with Crippen molar-refractivity contribution < 1.29 is 14.3 Å². The second-order valence-electron chi connectivity index (χ2n) is 5.10. The molecule has 0 aliphatic heterocycles. The Balaban J connectivity index is 2.31. The molecule has 0 spiro atoms. The molecule has 0 bridgehead atoms. The number of hydrogen-bond acceptors (Lipinski definition) is 4. The molecule has 0 aliphatic rings. The number of alkyl carbamates (subject to hydrolysis) is 1. The molecule has 1 amide bonds. The van der Waals surface area contributed by atoms with Crippen molar-refractivity contribution in [3.8, 4) is 5.88 Å². The van der Waals surface area contributed by atoms with Crippen LogP contribution < -0.4 is 10.1 Å². The van der Waals surface area contributed by atoms with Crippen LogP contribution in [0.4, 0.5) is 4.79 Å². The normalized spacial score (nSPS) is 12.9. The Bertz CT molecular complexity index is 396. The highest BCUT2D eigenvalue weighted by molar-refractivity contribution is 5.67. The minimum atomic E-state index is -0.490. The van der Waals surface area contributed by atoms with E-state index in [1.807, 2.05) is 27.7 Å². The standard InChI is InChI=1S/C12H21N3O3/c1-9(17-10-6-7-14-15(10)5)8-13-11(16)18-12(2,3)4/h6-7,9H,8H2,1-5H3,(H,13,16)/t9-/m0/s1. The number of rotatable bonds is 4. The summed E-state index contributed by atoms with van der Waals surface area (Å²) in [5, 5.41) is 6.65. The average Bonchev–Trinajstić information content (AvgIpc) is 2.59. The van der Waals surface area contributed by atoms with Gasteiger partial charge < -0.3 is 14.8 Å². The maximum absolute atomic E-state index is 11.4. The summed E-state index contributed by atoms with van der Waals surface area (Å²) in [5.41, 5.74) is -0.490. The second kappa shape index (κ2) is 5.75. The first kappa shape index (κ1) is 14.3. The summed E-state index contributed by atoms with van der Waals surface area (Å²) in [4.78, 5) is 11.4. The number of aryl methyl sites for hydroxylation is 1. The molecule has 0 aromatic carbocycles. The van der Waals surface area contributed by atoms with Crippen molar-refractivity contribution in [3.05, 3.63) is 12.3 Å². The van der Waals surface area contributed by atoms with E-state index < -0.39 is 11.7 Å². The maximum Gasteiger partial charge on any atom is 0.407 e. The van der Waals surface area contributed by atoms with E-state index in [0.29, 0.717) is 12.4 Å². The Hall–Kier alpha value is -1.72. The zero-order valence-electron chi connectivity index (χ0n) is 11.6. The maximum atomic E-state index is 11.4. The number of nitrogens with one attached hydrogen (secondary N) is 1. The Morgan fingerprint density at radius 2 is 2.22 bits per heavy atom. The summed E-state index contributed by atoms with van der Waals surface area (Å²) in [6.45, 7) is 7.71. The fraction of sp³-hybridized carbons (Fsp3) is 0.667. The summed E-state index contributed by atoms with van der Waals surface area (Å²) in [6, 6.07) is 1.77. The van der Waals surface area contributed by atoms with Gasteiger partial charge in [0.2, 0.25) is 5.88 Å². The molecule has 102 valence electrons. The lowest BCUT2D eigenvalue weighted by Gasteiger charge is -2.21. The summed E-state index contributed by atoms with van der Waals surface area (Å²) >= 11 is 0. The molecule has 6 nitrogen and oxygen atoms in total. The zero-order valence-corrected chi connectivity index (χ0v) is 11.6. The Morgan fingerprint density at radius 3 is 2.72 bits per heavy atom. The molecular weight excluding hydrogens is 234 g/mol. The van der Waals surface area contributed by atoms with Crippen molar-refractivity contribution in [2.75, 3.05) is 6.54 Å². The third-order valence-corrected chi connectivity index (χ3v) is 2.03. The molecule has 1 heterocycles. The molecule has 0 unspecified atom stereocenters. The number of nitrogens with zero attached hydrogens (tertiary/aromatic N) is 2. The fourth-order valence-electron chi connectivity index (χ4n) is 1.27. The van der Waals surface area contributed by atoms with Crippen molar-refractivity contribution in [2.24, 2.45) is 7.05 Å². The first-order chi connectivity index (χ1) is 8.28.